The number of alkyl carbamates (subject to hydrolysis) is 2. The maximum atomic E-state index is 13.0. The van der Waals surface area contributed by atoms with Gasteiger partial charge in [-0.15, -0.1) is 0 Å². The fourth-order valence-corrected chi connectivity index (χ4v) is 6.75. The summed E-state index contributed by atoms with van der Waals surface area (Å²) in [7, 11) is 7.98. The second-order valence-corrected chi connectivity index (χ2v) is 17.4. The van der Waals surface area contributed by atoms with E-state index in [9.17, 15) is 19.2 Å². The Balaban J connectivity index is 5.25. The average Bonchev–Trinajstić information content (AvgIpc) is 3.23. The molecule has 0 radical (unpaired) electrons. The molecular formula is C50H94N4O8. The van der Waals surface area contributed by atoms with Crippen LogP contribution in [0.4, 0.5) is 9.59 Å². The molecule has 2 N–H and O–H groups in total. The van der Waals surface area contributed by atoms with Crippen molar-refractivity contribution in [2.75, 3.05) is 67.6 Å². The third-order valence-electron chi connectivity index (χ3n) is 10.6. The van der Waals surface area contributed by atoms with E-state index in [1.54, 1.807) is 0 Å². The molecule has 2 amide bonds. The van der Waals surface area contributed by atoms with E-state index < -0.39 is 36.3 Å². The molecule has 0 aliphatic rings. The van der Waals surface area contributed by atoms with Gasteiger partial charge >= 0.3 is 24.1 Å². The molecule has 362 valence electrons. The summed E-state index contributed by atoms with van der Waals surface area (Å²) in [4.78, 5) is 56.0. The van der Waals surface area contributed by atoms with Crippen molar-refractivity contribution in [2.45, 2.75) is 206 Å². The predicted octanol–water partition coefficient (Wildman–Crippen LogP) is 11.5. The van der Waals surface area contributed by atoms with Gasteiger partial charge in [-0.2, -0.15) is 0 Å². The molecule has 0 saturated heterocycles. The summed E-state index contributed by atoms with van der Waals surface area (Å²) in [6, 6.07) is 0. The first-order valence-electron chi connectivity index (χ1n) is 24.9. The summed E-state index contributed by atoms with van der Waals surface area (Å²) < 4.78 is 22.7. The zero-order valence-electron chi connectivity index (χ0n) is 40.7. The summed E-state index contributed by atoms with van der Waals surface area (Å²) in [6.07, 6.45) is 33.7. The molecule has 0 fully saturated rings. The van der Waals surface area contributed by atoms with E-state index >= 15 is 0 Å². The second kappa shape index (κ2) is 44.5. The smallest absolute Gasteiger partial charge is 0.407 e. The summed E-state index contributed by atoms with van der Waals surface area (Å²) >= 11 is 0. The minimum atomic E-state index is -1.20. The number of nitrogens with one attached hydrogen (secondary N) is 2. The van der Waals surface area contributed by atoms with Crippen LogP contribution in [0.3, 0.4) is 0 Å². The number of ether oxygens (including phenoxy) is 4. The predicted molar refractivity (Wildman–Crippen MR) is 254 cm³/mol. The third-order valence-corrected chi connectivity index (χ3v) is 10.6. The van der Waals surface area contributed by atoms with Crippen molar-refractivity contribution in [3.05, 3.63) is 24.3 Å². The fraction of sp³-hybridized carbons (Fsp3) is 0.840. The number of carbonyl (C=O) groups is 4. The van der Waals surface area contributed by atoms with Crippen LogP contribution in [0.25, 0.3) is 0 Å². The highest BCUT2D eigenvalue weighted by molar-refractivity contribution is 5.70. The lowest BCUT2D eigenvalue weighted by atomic mass is 10.1. The van der Waals surface area contributed by atoms with Crippen molar-refractivity contribution in [3.63, 3.8) is 0 Å². The molecule has 12 heteroatoms. The number of rotatable bonds is 43. The second-order valence-electron chi connectivity index (χ2n) is 17.4. The molecule has 0 bridgehead atoms. The van der Waals surface area contributed by atoms with Crippen molar-refractivity contribution < 1.29 is 38.1 Å². The Bertz CT molecular complexity index is 1050. The lowest BCUT2D eigenvalue weighted by Gasteiger charge is -2.26. The largest absolute Gasteiger partial charge is 0.462 e. The Morgan fingerprint density at radius 2 is 0.758 bits per heavy atom. The van der Waals surface area contributed by atoms with Gasteiger partial charge in [-0.3, -0.25) is 9.59 Å². The van der Waals surface area contributed by atoms with Crippen LogP contribution in [0.1, 0.15) is 194 Å². The molecule has 0 saturated carbocycles. The van der Waals surface area contributed by atoms with Gasteiger partial charge in [0.05, 0.1) is 0 Å². The number of allylic oxidation sites excluding steroid dienone is 4. The number of hydrogen-bond donors (Lipinski definition) is 2. The van der Waals surface area contributed by atoms with E-state index in [-0.39, 0.29) is 26.1 Å². The number of unbranched alkanes of at least 4 members (excludes halogenated alkanes) is 20. The van der Waals surface area contributed by atoms with Crippen molar-refractivity contribution in [3.8, 4) is 0 Å². The highest BCUT2D eigenvalue weighted by atomic mass is 16.6. The van der Waals surface area contributed by atoms with Crippen molar-refractivity contribution in [1.82, 2.24) is 20.4 Å². The van der Waals surface area contributed by atoms with Crippen molar-refractivity contribution in [1.29, 1.82) is 0 Å². The van der Waals surface area contributed by atoms with E-state index in [2.05, 4.69) is 58.6 Å². The number of carbonyl (C=O) groups excluding carboxylic acids is 4. The summed E-state index contributed by atoms with van der Waals surface area (Å²) in [6.45, 7) is 6.32. The first-order chi connectivity index (χ1) is 30.1. The molecule has 0 heterocycles. The van der Waals surface area contributed by atoms with Crippen LogP contribution in [0.15, 0.2) is 24.3 Å². The minimum Gasteiger partial charge on any atom is -0.462 e. The number of esters is 2. The summed E-state index contributed by atoms with van der Waals surface area (Å²) in [5.74, 6) is -0.846. The van der Waals surface area contributed by atoms with Gasteiger partial charge in [-0.1, -0.05) is 115 Å². The molecule has 0 spiro atoms. The Morgan fingerprint density at radius 1 is 0.435 bits per heavy atom. The van der Waals surface area contributed by atoms with Crippen molar-refractivity contribution in [2.24, 2.45) is 0 Å². The molecule has 0 aliphatic carbocycles. The SMILES string of the molecule is CCCCCC/C=C\CCCCCCCC(=O)OCC(OC(=O)NCCCCN(C)C)C(COC(=O)CCCCCCC/C=C\CCCCCC)OC(=O)NCCCCN(C)C. The number of hydrogen-bond acceptors (Lipinski definition) is 10. The van der Waals surface area contributed by atoms with E-state index in [1.807, 2.05) is 28.2 Å². The molecule has 2 atom stereocenters. The van der Waals surface area contributed by atoms with Crippen LogP contribution in [0, 0.1) is 0 Å². The molecule has 62 heavy (non-hydrogen) atoms. The van der Waals surface area contributed by atoms with E-state index in [0.29, 0.717) is 25.9 Å². The molecule has 2 unspecified atom stereocenters. The lowest BCUT2D eigenvalue weighted by Crippen LogP contribution is -2.46. The summed E-state index contributed by atoms with van der Waals surface area (Å²) in [5, 5.41) is 5.51. The summed E-state index contributed by atoms with van der Waals surface area (Å²) in [5.41, 5.74) is 0. The average molecular weight is 879 g/mol. The van der Waals surface area contributed by atoms with E-state index in [1.165, 1.54) is 51.4 Å². The molecule has 0 rings (SSSR count). The highest BCUT2D eigenvalue weighted by Gasteiger charge is 2.32. The van der Waals surface area contributed by atoms with Crippen LogP contribution in [0.2, 0.25) is 0 Å². The normalized spacial score (nSPS) is 12.6. The maximum absolute atomic E-state index is 13.0. The fourth-order valence-electron chi connectivity index (χ4n) is 6.75. The first-order valence-corrected chi connectivity index (χ1v) is 24.9. The Labute approximate surface area is 379 Å². The topological polar surface area (TPSA) is 136 Å². The van der Waals surface area contributed by atoms with Gasteiger partial charge in [0.2, 0.25) is 0 Å². The van der Waals surface area contributed by atoms with Crippen LogP contribution >= 0.6 is 0 Å². The molecule has 0 aromatic heterocycles. The number of amides is 2. The van der Waals surface area contributed by atoms with Crippen molar-refractivity contribution >= 4 is 24.1 Å². The van der Waals surface area contributed by atoms with Gasteiger partial charge in [0.25, 0.3) is 0 Å². The zero-order valence-corrected chi connectivity index (χ0v) is 40.7. The molecular weight excluding hydrogens is 785 g/mol. The maximum Gasteiger partial charge on any atom is 0.407 e. The van der Waals surface area contributed by atoms with Gasteiger partial charge in [-0.25, -0.2) is 9.59 Å². The van der Waals surface area contributed by atoms with E-state index in [0.717, 1.165) is 116 Å². The van der Waals surface area contributed by atoms with Gasteiger partial charge < -0.3 is 39.4 Å². The first kappa shape index (κ1) is 58.9. The number of nitrogens with zero attached hydrogens (tertiary/aromatic N) is 2. The monoisotopic (exact) mass is 879 g/mol. The Hall–Kier alpha value is -3.12. The Kier molecular flexibility index (Phi) is 42.2. The van der Waals surface area contributed by atoms with Crippen LogP contribution in [-0.4, -0.2) is 114 Å². The Morgan fingerprint density at radius 3 is 1.10 bits per heavy atom. The standard InChI is InChI=1S/C50H94N4O8/c1-7-9-11-13-15-17-19-21-23-25-27-29-31-37-47(55)59-43-45(61-49(57)51-39-33-35-41-53(3)4)46(62-50(58)52-40-34-36-42-54(5)6)44-60-48(56)38-32-30-28-26-24-22-20-18-16-14-12-10-8-2/h17-20,45-46H,7-16,21-44H2,1-6H3,(H,51,57)(H,52,58)/b19-17-,20-18-. The van der Waals surface area contributed by atoms with Crippen LogP contribution in [-0.2, 0) is 28.5 Å². The van der Waals surface area contributed by atoms with Gasteiger partial charge in [0.15, 0.2) is 12.2 Å². The van der Waals surface area contributed by atoms with Gasteiger partial charge in [0, 0.05) is 25.9 Å². The third kappa shape index (κ3) is 42.2. The quantitative estimate of drug-likeness (QED) is 0.0264. The van der Waals surface area contributed by atoms with Crippen LogP contribution < -0.4 is 10.6 Å². The van der Waals surface area contributed by atoms with Gasteiger partial charge in [-0.05, 0) is 131 Å². The van der Waals surface area contributed by atoms with Gasteiger partial charge in [0.1, 0.15) is 13.2 Å². The van der Waals surface area contributed by atoms with E-state index in [4.69, 9.17) is 18.9 Å². The minimum absolute atomic E-state index is 0.228. The zero-order chi connectivity index (χ0) is 45.7. The lowest BCUT2D eigenvalue weighted by molar-refractivity contribution is -0.156. The molecule has 0 aromatic carbocycles. The highest BCUT2D eigenvalue weighted by Crippen LogP contribution is 2.14. The van der Waals surface area contributed by atoms with Crippen LogP contribution in [0.5, 0.6) is 0 Å². The molecule has 12 nitrogen and oxygen atoms in total. The molecule has 0 aromatic rings. The molecule has 0 aliphatic heterocycles.